The molecule has 0 saturated carbocycles. The number of rotatable bonds is 2. The van der Waals surface area contributed by atoms with E-state index in [1.165, 1.54) is 18.2 Å². The molecule has 0 saturated heterocycles. The first kappa shape index (κ1) is 9.51. The van der Waals surface area contributed by atoms with Crippen molar-refractivity contribution in [2.24, 2.45) is 0 Å². The number of aldehydes is 1. The van der Waals surface area contributed by atoms with Crippen molar-refractivity contribution >= 4 is 6.29 Å². The molecule has 0 radical (unpaired) electrons. The molecular formula is C10H7FN2O2. The SMILES string of the molecule is Cc1nonc1-c1cc(F)ccc1C=O. The molecule has 0 aliphatic rings. The van der Waals surface area contributed by atoms with E-state index < -0.39 is 5.82 Å². The van der Waals surface area contributed by atoms with Crippen LogP contribution in [0, 0.1) is 12.7 Å². The Morgan fingerprint density at radius 2 is 2.20 bits per heavy atom. The summed E-state index contributed by atoms with van der Waals surface area (Å²) in [7, 11) is 0. The predicted octanol–water partition coefficient (Wildman–Crippen LogP) is 2.00. The first-order valence-electron chi connectivity index (χ1n) is 4.26. The first-order valence-corrected chi connectivity index (χ1v) is 4.26. The van der Waals surface area contributed by atoms with Gasteiger partial charge < -0.3 is 0 Å². The lowest BCUT2D eigenvalue weighted by Gasteiger charge is -2.00. The number of aryl methyl sites for hydroxylation is 1. The Balaban J connectivity index is 2.65. The molecule has 5 heteroatoms. The molecule has 0 N–H and O–H groups in total. The molecule has 1 aromatic heterocycles. The van der Waals surface area contributed by atoms with Crippen molar-refractivity contribution in [3.8, 4) is 11.3 Å². The fourth-order valence-corrected chi connectivity index (χ4v) is 1.31. The lowest BCUT2D eigenvalue weighted by atomic mass is 10.0. The van der Waals surface area contributed by atoms with Crippen LogP contribution in [0.3, 0.4) is 0 Å². The number of aromatic nitrogens is 2. The van der Waals surface area contributed by atoms with Gasteiger partial charge in [0, 0.05) is 11.1 Å². The third-order valence-corrected chi connectivity index (χ3v) is 2.05. The number of hydrogen-bond acceptors (Lipinski definition) is 4. The van der Waals surface area contributed by atoms with Crippen LogP contribution in [0.15, 0.2) is 22.8 Å². The van der Waals surface area contributed by atoms with Gasteiger partial charge in [-0.3, -0.25) is 4.79 Å². The Kier molecular flexibility index (Phi) is 2.29. The monoisotopic (exact) mass is 206 g/mol. The number of carbonyl (C=O) groups excluding carboxylic acids is 1. The normalized spacial score (nSPS) is 10.3. The van der Waals surface area contributed by atoms with Crippen molar-refractivity contribution in [2.75, 3.05) is 0 Å². The van der Waals surface area contributed by atoms with Gasteiger partial charge in [0.2, 0.25) is 0 Å². The summed E-state index contributed by atoms with van der Waals surface area (Å²) in [5.41, 5.74) is 1.65. The summed E-state index contributed by atoms with van der Waals surface area (Å²) in [6, 6.07) is 3.85. The maximum atomic E-state index is 13.0. The van der Waals surface area contributed by atoms with E-state index in [1.807, 2.05) is 0 Å². The van der Waals surface area contributed by atoms with Gasteiger partial charge in [-0.05, 0) is 30.3 Å². The van der Waals surface area contributed by atoms with Crippen molar-refractivity contribution in [1.82, 2.24) is 10.3 Å². The van der Waals surface area contributed by atoms with Crippen LogP contribution in [-0.2, 0) is 0 Å². The highest BCUT2D eigenvalue weighted by Crippen LogP contribution is 2.23. The quantitative estimate of drug-likeness (QED) is 0.705. The molecule has 1 heterocycles. The molecule has 4 nitrogen and oxygen atoms in total. The summed E-state index contributed by atoms with van der Waals surface area (Å²) in [6.45, 7) is 1.67. The summed E-state index contributed by atoms with van der Waals surface area (Å²) in [5.74, 6) is -0.432. The molecule has 0 fully saturated rings. The second-order valence-corrected chi connectivity index (χ2v) is 3.05. The maximum absolute atomic E-state index is 13.0. The maximum Gasteiger partial charge on any atom is 0.150 e. The highest BCUT2D eigenvalue weighted by atomic mass is 19.1. The molecule has 0 bridgehead atoms. The van der Waals surface area contributed by atoms with Crippen LogP contribution in [-0.4, -0.2) is 16.6 Å². The van der Waals surface area contributed by atoms with Gasteiger partial charge in [0.25, 0.3) is 0 Å². The Hall–Kier alpha value is -2.04. The molecule has 2 aromatic rings. The highest BCUT2D eigenvalue weighted by Gasteiger charge is 2.13. The van der Waals surface area contributed by atoms with Crippen molar-refractivity contribution in [3.05, 3.63) is 35.3 Å². The Morgan fingerprint density at radius 3 is 2.80 bits per heavy atom. The van der Waals surface area contributed by atoms with Gasteiger partial charge in [0.05, 0.1) is 0 Å². The van der Waals surface area contributed by atoms with Gasteiger partial charge >= 0.3 is 0 Å². The summed E-state index contributed by atoms with van der Waals surface area (Å²) in [4.78, 5) is 10.7. The van der Waals surface area contributed by atoms with Crippen molar-refractivity contribution in [2.45, 2.75) is 6.92 Å². The highest BCUT2D eigenvalue weighted by molar-refractivity contribution is 5.86. The summed E-state index contributed by atoms with van der Waals surface area (Å²) >= 11 is 0. The van der Waals surface area contributed by atoms with E-state index in [-0.39, 0.29) is 0 Å². The molecule has 0 amide bonds. The Morgan fingerprint density at radius 1 is 1.40 bits per heavy atom. The van der Waals surface area contributed by atoms with Crippen LogP contribution in [0.5, 0.6) is 0 Å². The first-order chi connectivity index (χ1) is 7.22. The number of hydrogen-bond donors (Lipinski definition) is 0. The minimum Gasteiger partial charge on any atom is -0.298 e. The van der Waals surface area contributed by atoms with Crippen LogP contribution >= 0.6 is 0 Å². The number of nitrogens with zero attached hydrogens (tertiary/aromatic N) is 2. The van der Waals surface area contributed by atoms with Crippen LogP contribution in [0.2, 0.25) is 0 Å². The average Bonchev–Trinajstić information content (AvgIpc) is 2.64. The number of halogens is 1. The standard InChI is InChI=1S/C10H7FN2O2/c1-6-10(13-15-12-6)9-4-8(11)3-2-7(9)5-14/h2-5H,1H3. The van der Waals surface area contributed by atoms with E-state index in [1.54, 1.807) is 6.92 Å². The molecule has 15 heavy (non-hydrogen) atoms. The largest absolute Gasteiger partial charge is 0.298 e. The second-order valence-electron chi connectivity index (χ2n) is 3.05. The van der Waals surface area contributed by atoms with Gasteiger partial charge in [0.1, 0.15) is 17.2 Å². The van der Waals surface area contributed by atoms with Crippen LogP contribution in [0.1, 0.15) is 16.1 Å². The zero-order valence-electron chi connectivity index (χ0n) is 7.90. The van der Waals surface area contributed by atoms with Gasteiger partial charge in [-0.1, -0.05) is 5.16 Å². The van der Waals surface area contributed by atoms with E-state index in [2.05, 4.69) is 14.9 Å². The molecule has 0 aliphatic carbocycles. The molecule has 0 unspecified atom stereocenters. The van der Waals surface area contributed by atoms with Crippen LogP contribution in [0.25, 0.3) is 11.3 Å². The summed E-state index contributed by atoms with van der Waals surface area (Å²) in [6.07, 6.45) is 0.642. The summed E-state index contributed by atoms with van der Waals surface area (Å²) < 4.78 is 17.5. The van der Waals surface area contributed by atoms with Crippen molar-refractivity contribution < 1.29 is 13.8 Å². The smallest absolute Gasteiger partial charge is 0.150 e. The molecular weight excluding hydrogens is 199 g/mol. The molecule has 0 aliphatic heterocycles. The van der Waals surface area contributed by atoms with E-state index in [0.717, 1.165) is 0 Å². The van der Waals surface area contributed by atoms with E-state index in [9.17, 15) is 9.18 Å². The Bertz CT molecular complexity index is 508. The van der Waals surface area contributed by atoms with Gasteiger partial charge in [-0.2, -0.15) is 0 Å². The minimum absolute atomic E-state index is 0.357. The van der Waals surface area contributed by atoms with E-state index in [0.29, 0.717) is 28.8 Å². The molecule has 0 atom stereocenters. The molecule has 2 rings (SSSR count). The van der Waals surface area contributed by atoms with Crippen LogP contribution < -0.4 is 0 Å². The minimum atomic E-state index is -0.432. The lowest BCUT2D eigenvalue weighted by Crippen LogP contribution is -1.91. The third kappa shape index (κ3) is 1.63. The number of benzene rings is 1. The fraction of sp³-hybridized carbons (Fsp3) is 0.100. The van der Waals surface area contributed by atoms with E-state index in [4.69, 9.17) is 0 Å². The van der Waals surface area contributed by atoms with E-state index >= 15 is 0 Å². The molecule has 76 valence electrons. The number of carbonyl (C=O) groups is 1. The van der Waals surface area contributed by atoms with Gasteiger partial charge in [-0.25, -0.2) is 9.02 Å². The second kappa shape index (κ2) is 3.61. The van der Waals surface area contributed by atoms with Crippen molar-refractivity contribution in [1.29, 1.82) is 0 Å². The zero-order valence-corrected chi connectivity index (χ0v) is 7.90. The third-order valence-electron chi connectivity index (χ3n) is 2.05. The molecule has 1 aromatic carbocycles. The van der Waals surface area contributed by atoms with Gasteiger partial charge in [-0.15, -0.1) is 0 Å². The zero-order chi connectivity index (χ0) is 10.8. The fourth-order valence-electron chi connectivity index (χ4n) is 1.31. The lowest BCUT2D eigenvalue weighted by molar-refractivity contribution is 0.112. The predicted molar refractivity (Wildman–Crippen MR) is 49.8 cm³/mol. The average molecular weight is 206 g/mol. The topological polar surface area (TPSA) is 56.0 Å². The van der Waals surface area contributed by atoms with Gasteiger partial charge in [0.15, 0.2) is 6.29 Å². The molecule has 0 spiro atoms. The van der Waals surface area contributed by atoms with Crippen molar-refractivity contribution in [3.63, 3.8) is 0 Å². The Labute approximate surface area is 84.7 Å². The summed E-state index contributed by atoms with van der Waals surface area (Å²) in [5, 5.41) is 7.20. The van der Waals surface area contributed by atoms with Crippen LogP contribution in [0.4, 0.5) is 4.39 Å².